The molecule has 0 aromatic heterocycles. The second-order valence-corrected chi connectivity index (χ2v) is 3.20. The Kier molecular flexibility index (Phi) is 7.17. The molecule has 1 aliphatic rings. The molecule has 0 unspecified atom stereocenters. The molecular weight excluding hydrogens is 146 g/mol. The first-order valence-corrected chi connectivity index (χ1v) is 5.20. The summed E-state index contributed by atoms with van der Waals surface area (Å²) in [7, 11) is 0. The predicted molar refractivity (Wildman–Crippen MR) is 56.4 cm³/mol. The molecule has 0 bridgehead atoms. The van der Waals surface area contributed by atoms with Gasteiger partial charge in [-0.2, -0.15) is 0 Å². The third kappa shape index (κ3) is 4.55. The molecule has 1 heterocycles. The van der Waals surface area contributed by atoms with Crippen LogP contribution in [-0.2, 0) is 0 Å². The number of rotatable bonds is 1. The standard InChI is InChI=1S/C9H17N.C2H6/c1-9(2)10-7-5-3-4-6-8-10;1-2/h3,5,9H,4,6-8H2,1-2H3;1-2H3. The van der Waals surface area contributed by atoms with Crippen molar-refractivity contribution in [2.45, 2.75) is 46.6 Å². The van der Waals surface area contributed by atoms with Crippen LogP contribution in [0.1, 0.15) is 40.5 Å². The average Bonchev–Trinajstić information content (AvgIpc) is 2.35. The lowest BCUT2D eigenvalue weighted by atomic mass is 10.3. The first-order chi connectivity index (χ1) is 5.80. The lowest BCUT2D eigenvalue weighted by Gasteiger charge is -2.23. The van der Waals surface area contributed by atoms with Crippen molar-refractivity contribution in [2.24, 2.45) is 0 Å². The van der Waals surface area contributed by atoms with Crippen LogP contribution >= 0.6 is 0 Å². The fourth-order valence-corrected chi connectivity index (χ4v) is 1.30. The van der Waals surface area contributed by atoms with E-state index in [4.69, 9.17) is 0 Å². The maximum atomic E-state index is 2.50. The molecule has 0 radical (unpaired) electrons. The first-order valence-electron chi connectivity index (χ1n) is 5.20. The third-order valence-corrected chi connectivity index (χ3v) is 2.05. The minimum absolute atomic E-state index is 0.711. The van der Waals surface area contributed by atoms with E-state index in [-0.39, 0.29) is 0 Å². The Labute approximate surface area is 77.5 Å². The van der Waals surface area contributed by atoms with Gasteiger partial charge >= 0.3 is 0 Å². The van der Waals surface area contributed by atoms with Gasteiger partial charge in [0.25, 0.3) is 0 Å². The van der Waals surface area contributed by atoms with Gasteiger partial charge in [0.05, 0.1) is 0 Å². The van der Waals surface area contributed by atoms with Gasteiger partial charge in [-0.15, -0.1) is 0 Å². The van der Waals surface area contributed by atoms with Gasteiger partial charge in [-0.3, -0.25) is 4.90 Å². The molecule has 0 spiro atoms. The molecule has 0 N–H and O–H groups in total. The zero-order chi connectivity index (χ0) is 9.40. The van der Waals surface area contributed by atoms with Gasteiger partial charge in [0.1, 0.15) is 0 Å². The molecule has 0 aromatic rings. The van der Waals surface area contributed by atoms with Crippen LogP contribution in [0.25, 0.3) is 0 Å². The van der Waals surface area contributed by atoms with Gasteiger partial charge in [-0.1, -0.05) is 26.0 Å². The van der Waals surface area contributed by atoms with E-state index in [2.05, 4.69) is 30.9 Å². The fraction of sp³-hybridized carbons (Fsp3) is 0.818. The normalized spacial score (nSPS) is 18.4. The lowest BCUT2D eigenvalue weighted by molar-refractivity contribution is 0.248. The molecule has 1 nitrogen and oxygen atoms in total. The van der Waals surface area contributed by atoms with Crippen molar-refractivity contribution in [1.29, 1.82) is 0 Å². The molecular formula is C11H23N. The van der Waals surface area contributed by atoms with Crippen molar-refractivity contribution in [2.75, 3.05) is 13.1 Å². The van der Waals surface area contributed by atoms with E-state index in [1.807, 2.05) is 13.8 Å². The minimum Gasteiger partial charge on any atom is -0.297 e. The van der Waals surface area contributed by atoms with Crippen molar-refractivity contribution < 1.29 is 0 Å². The Morgan fingerprint density at radius 3 is 2.42 bits per heavy atom. The predicted octanol–water partition coefficient (Wildman–Crippen LogP) is 3.07. The summed E-state index contributed by atoms with van der Waals surface area (Å²) >= 11 is 0. The monoisotopic (exact) mass is 169 g/mol. The van der Waals surface area contributed by atoms with Crippen molar-refractivity contribution in [1.82, 2.24) is 4.90 Å². The van der Waals surface area contributed by atoms with Gasteiger partial charge < -0.3 is 0 Å². The largest absolute Gasteiger partial charge is 0.297 e. The molecule has 0 aliphatic carbocycles. The van der Waals surface area contributed by atoms with E-state index in [1.54, 1.807) is 0 Å². The quantitative estimate of drug-likeness (QED) is 0.545. The zero-order valence-corrected chi connectivity index (χ0v) is 9.01. The topological polar surface area (TPSA) is 3.24 Å². The molecule has 0 fully saturated rings. The Hall–Kier alpha value is -0.300. The van der Waals surface area contributed by atoms with Gasteiger partial charge in [-0.05, 0) is 33.2 Å². The molecule has 1 aliphatic heterocycles. The van der Waals surface area contributed by atoms with Crippen LogP contribution in [0, 0.1) is 0 Å². The molecule has 1 rings (SSSR count). The summed E-state index contributed by atoms with van der Waals surface area (Å²) < 4.78 is 0. The van der Waals surface area contributed by atoms with E-state index in [1.165, 1.54) is 19.4 Å². The third-order valence-electron chi connectivity index (χ3n) is 2.05. The average molecular weight is 169 g/mol. The zero-order valence-electron chi connectivity index (χ0n) is 9.01. The van der Waals surface area contributed by atoms with Crippen LogP contribution in [-0.4, -0.2) is 24.0 Å². The van der Waals surface area contributed by atoms with E-state index in [9.17, 15) is 0 Å². The van der Waals surface area contributed by atoms with Gasteiger partial charge in [0.2, 0.25) is 0 Å². The number of hydrogen-bond donors (Lipinski definition) is 0. The molecule has 0 aromatic carbocycles. The highest BCUT2D eigenvalue weighted by Gasteiger charge is 2.07. The maximum absolute atomic E-state index is 2.50. The lowest BCUT2D eigenvalue weighted by Crippen LogP contribution is -2.31. The van der Waals surface area contributed by atoms with Crippen LogP contribution < -0.4 is 0 Å². The van der Waals surface area contributed by atoms with E-state index in [0.29, 0.717) is 6.04 Å². The Balaban J connectivity index is 0.000000561. The van der Waals surface area contributed by atoms with Gasteiger partial charge in [0, 0.05) is 12.6 Å². The highest BCUT2D eigenvalue weighted by Crippen LogP contribution is 2.05. The van der Waals surface area contributed by atoms with E-state index >= 15 is 0 Å². The molecule has 0 atom stereocenters. The maximum Gasteiger partial charge on any atom is 0.0165 e. The molecule has 0 saturated heterocycles. The number of nitrogens with zero attached hydrogens (tertiary/aromatic N) is 1. The SMILES string of the molecule is CC.CC(C)N1CC=CCCC1. The molecule has 12 heavy (non-hydrogen) atoms. The summed E-state index contributed by atoms with van der Waals surface area (Å²) in [5.41, 5.74) is 0. The smallest absolute Gasteiger partial charge is 0.0165 e. The van der Waals surface area contributed by atoms with Crippen molar-refractivity contribution in [3.8, 4) is 0 Å². The highest BCUT2D eigenvalue weighted by atomic mass is 15.1. The van der Waals surface area contributed by atoms with Crippen LogP contribution in [0.3, 0.4) is 0 Å². The highest BCUT2D eigenvalue weighted by molar-refractivity contribution is 4.88. The summed E-state index contributed by atoms with van der Waals surface area (Å²) in [6.45, 7) is 10.9. The first kappa shape index (κ1) is 11.7. The van der Waals surface area contributed by atoms with Crippen LogP contribution in [0.15, 0.2) is 12.2 Å². The van der Waals surface area contributed by atoms with Crippen LogP contribution in [0.4, 0.5) is 0 Å². The molecule has 0 amide bonds. The Morgan fingerprint density at radius 2 is 1.83 bits per heavy atom. The van der Waals surface area contributed by atoms with Gasteiger partial charge in [-0.25, -0.2) is 0 Å². The van der Waals surface area contributed by atoms with Crippen molar-refractivity contribution in [3.63, 3.8) is 0 Å². The second kappa shape index (κ2) is 7.35. The fourth-order valence-electron chi connectivity index (χ4n) is 1.30. The summed E-state index contributed by atoms with van der Waals surface area (Å²) in [4.78, 5) is 2.50. The minimum atomic E-state index is 0.711. The number of hydrogen-bond acceptors (Lipinski definition) is 1. The second-order valence-electron chi connectivity index (χ2n) is 3.20. The summed E-state index contributed by atoms with van der Waals surface area (Å²) in [6.07, 6.45) is 7.17. The Bertz CT molecular complexity index is 116. The van der Waals surface area contributed by atoms with Crippen LogP contribution in [0.2, 0.25) is 0 Å². The van der Waals surface area contributed by atoms with Crippen molar-refractivity contribution in [3.05, 3.63) is 12.2 Å². The Morgan fingerprint density at radius 1 is 1.17 bits per heavy atom. The molecule has 72 valence electrons. The van der Waals surface area contributed by atoms with E-state index in [0.717, 1.165) is 6.54 Å². The summed E-state index contributed by atoms with van der Waals surface area (Å²) in [5, 5.41) is 0. The van der Waals surface area contributed by atoms with E-state index < -0.39 is 0 Å². The van der Waals surface area contributed by atoms with Crippen LogP contribution in [0.5, 0.6) is 0 Å². The van der Waals surface area contributed by atoms with Gasteiger partial charge in [0.15, 0.2) is 0 Å². The molecule has 1 heteroatoms. The molecule has 0 saturated carbocycles. The summed E-state index contributed by atoms with van der Waals surface area (Å²) in [6, 6.07) is 0.711. The van der Waals surface area contributed by atoms with Crippen molar-refractivity contribution >= 4 is 0 Å². The number of allylic oxidation sites excluding steroid dienone is 1. The summed E-state index contributed by atoms with van der Waals surface area (Å²) in [5.74, 6) is 0.